The first kappa shape index (κ1) is 11.1. The van der Waals surface area contributed by atoms with Crippen LogP contribution < -0.4 is 5.73 Å². The molecule has 0 aliphatic carbocycles. The number of pyridine rings is 1. The quantitative estimate of drug-likeness (QED) is 0.887. The largest absolute Gasteiger partial charge is 0.325 e. The summed E-state index contributed by atoms with van der Waals surface area (Å²) >= 11 is 2.04. The maximum Gasteiger partial charge on any atom is 0.137 e. The Hall–Kier alpha value is -1.00. The third-order valence-corrected chi connectivity index (χ3v) is 4.72. The van der Waals surface area contributed by atoms with Crippen molar-refractivity contribution in [3.05, 3.63) is 35.8 Å². The summed E-state index contributed by atoms with van der Waals surface area (Å²) in [6.07, 6.45) is 6.10. The zero-order valence-electron chi connectivity index (χ0n) is 9.80. The minimum Gasteiger partial charge on any atom is -0.325 e. The lowest BCUT2D eigenvalue weighted by atomic mass is 10.1. The van der Waals surface area contributed by atoms with Crippen LogP contribution in [0.4, 0.5) is 0 Å². The summed E-state index contributed by atoms with van der Waals surface area (Å²) in [4.78, 5) is 4.73. The van der Waals surface area contributed by atoms with E-state index in [-0.39, 0.29) is 0 Å². The van der Waals surface area contributed by atoms with E-state index >= 15 is 0 Å². The summed E-state index contributed by atoms with van der Waals surface area (Å²) in [5.74, 6) is 1.27. The Kier molecular flexibility index (Phi) is 3.07. The van der Waals surface area contributed by atoms with Crippen LogP contribution >= 0.6 is 11.8 Å². The van der Waals surface area contributed by atoms with E-state index in [4.69, 9.17) is 10.7 Å². The minimum absolute atomic E-state index is 0.560. The van der Waals surface area contributed by atoms with Gasteiger partial charge < -0.3 is 10.1 Å². The molecule has 1 aliphatic heterocycles. The molecule has 3 rings (SSSR count). The minimum atomic E-state index is 0.560. The van der Waals surface area contributed by atoms with Crippen LogP contribution in [0.2, 0.25) is 0 Å². The van der Waals surface area contributed by atoms with Crippen LogP contribution in [0.5, 0.6) is 0 Å². The van der Waals surface area contributed by atoms with Crippen LogP contribution in [-0.2, 0) is 6.54 Å². The van der Waals surface area contributed by atoms with Gasteiger partial charge in [-0.05, 0) is 30.7 Å². The van der Waals surface area contributed by atoms with Gasteiger partial charge in [-0.25, -0.2) is 4.98 Å². The molecule has 0 bridgehead atoms. The molecule has 2 aromatic heterocycles. The van der Waals surface area contributed by atoms with E-state index in [1.807, 2.05) is 17.8 Å². The molecule has 1 aliphatic rings. The maximum absolute atomic E-state index is 5.75. The number of hydrogen-bond donors (Lipinski definition) is 1. The highest BCUT2D eigenvalue weighted by molar-refractivity contribution is 7.99. The fourth-order valence-electron chi connectivity index (χ4n) is 2.38. The van der Waals surface area contributed by atoms with Crippen LogP contribution in [0.25, 0.3) is 5.65 Å². The lowest BCUT2D eigenvalue weighted by Crippen LogP contribution is -2.03. The molecule has 17 heavy (non-hydrogen) atoms. The van der Waals surface area contributed by atoms with Gasteiger partial charge in [-0.2, -0.15) is 11.8 Å². The normalized spacial score (nSPS) is 20.9. The molecule has 1 saturated heterocycles. The number of nitrogens with zero attached hydrogens (tertiary/aromatic N) is 2. The van der Waals surface area contributed by atoms with Crippen molar-refractivity contribution in [2.75, 3.05) is 5.75 Å². The number of imidazole rings is 1. The van der Waals surface area contributed by atoms with Gasteiger partial charge in [0.05, 0.1) is 5.69 Å². The molecule has 1 unspecified atom stereocenters. The van der Waals surface area contributed by atoms with Gasteiger partial charge in [0, 0.05) is 23.7 Å². The highest BCUT2D eigenvalue weighted by Gasteiger charge is 2.19. The average molecular weight is 247 g/mol. The van der Waals surface area contributed by atoms with E-state index < -0.39 is 0 Å². The molecule has 3 heterocycles. The summed E-state index contributed by atoms with van der Waals surface area (Å²) in [6, 6.07) is 6.14. The number of fused-ring (bicyclic) bond motifs is 1. The Morgan fingerprint density at radius 3 is 3.12 bits per heavy atom. The van der Waals surface area contributed by atoms with Gasteiger partial charge in [0.25, 0.3) is 0 Å². The Morgan fingerprint density at radius 1 is 1.41 bits per heavy atom. The van der Waals surface area contributed by atoms with Crippen LogP contribution in [0.3, 0.4) is 0 Å². The average Bonchev–Trinajstić information content (AvgIpc) is 2.83. The van der Waals surface area contributed by atoms with E-state index in [1.165, 1.54) is 30.7 Å². The van der Waals surface area contributed by atoms with E-state index in [0.717, 1.165) is 11.3 Å². The molecule has 3 nitrogen and oxygen atoms in total. The molecule has 0 amide bonds. The Bertz CT molecular complexity index is 514. The Morgan fingerprint density at radius 2 is 2.35 bits per heavy atom. The van der Waals surface area contributed by atoms with Gasteiger partial charge in [0.15, 0.2) is 0 Å². The molecule has 0 spiro atoms. The summed E-state index contributed by atoms with van der Waals surface area (Å²) in [5.41, 5.74) is 9.12. The van der Waals surface area contributed by atoms with Crippen molar-refractivity contribution in [3.8, 4) is 0 Å². The zero-order chi connectivity index (χ0) is 11.7. The lowest BCUT2D eigenvalue weighted by molar-refractivity contribution is 0.678. The van der Waals surface area contributed by atoms with Gasteiger partial charge in [-0.15, -0.1) is 0 Å². The predicted octanol–water partition coefficient (Wildman–Crippen LogP) is 2.75. The molecule has 2 N–H and O–H groups in total. The second-order valence-corrected chi connectivity index (χ2v) is 5.78. The van der Waals surface area contributed by atoms with Crippen molar-refractivity contribution in [1.82, 2.24) is 9.38 Å². The number of nitrogens with two attached hydrogens (primary N) is 1. The third-order valence-electron chi connectivity index (χ3n) is 3.31. The highest BCUT2D eigenvalue weighted by atomic mass is 32.2. The number of thioether (sulfide) groups is 1. The summed E-state index contributed by atoms with van der Waals surface area (Å²) < 4.78 is 2.13. The smallest absolute Gasteiger partial charge is 0.137 e. The van der Waals surface area contributed by atoms with Gasteiger partial charge in [-0.1, -0.05) is 12.5 Å². The number of hydrogen-bond acceptors (Lipinski definition) is 3. The molecule has 0 saturated carbocycles. The molecule has 4 heteroatoms. The zero-order valence-corrected chi connectivity index (χ0v) is 10.6. The molecule has 1 fully saturated rings. The molecule has 0 aromatic carbocycles. The molecular weight excluding hydrogens is 230 g/mol. The van der Waals surface area contributed by atoms with E-state index in [9.17, 15) is 0 Å². The predicted molar refractivity (Wildman–Crippen MR) is 72.1 cm³/mol. The molecular formula is C13H17N3S. The van der Waals surface area contributed by atoms with E-state index in [2.05, 4.69) is 22.7 Å². The summed E-state index contributed by atoms with van der Waals surface area (Å²) in [7, 11) is 0. The molecule has 90 valence electrons. The van der Waals surface area contributed by atoms with Gasteiger partial charge >= 0.3 is 0 Å². The third kappa shape index (κ3) is 2.07. The topological polar surface area (TPSA) is 43.3 Å². The molecule has 2 aromatic rings. The van der Waals surface area contributed by atoms with Crippen molar-refractivity contribution in [2.45, 2.75) is 31.1 Å². The van der Waals surface area contributed by atoms with Crippen LogP contribution in [0, 0.1) is 0 Å². The number of aromatic nitrogens is 2. The summed E-state index contributed by atoms with van der Waals surface area (Å²) in [5, 5.41) is 0.578. The number of rotatable bonds is 2. The monoisotopic (exact) mass is 247 g/mol. The standard InChI is InChI=1S/C13H17N3S/c14-8-10-4-3-6-13-15-11(9-16(10)13)12-5-1-2-7-17-12/h3-4,6,9,12H,1-2,5,7-8,14H2. The first-order valence-electron chi connectivity index (χ1n) is 6.17. The first-order chi connectivity index (χ1) is 8.38. The van der Waals surface area contributed by atoms with Crippen molar-refractivity contribution >= 4 is 17.4 Å². The Labute approximate surface area is 105 Å². The SMILES string of the molecule is NCc1cccc2nc(C3CCCCS3)cn12. The fourth-order valence-corrected chi connectivity index (χ4v) is 3.66. The molecule has 1 atom stereocenters. The van der Waals surface area contributed by atoms with Crippen molar-refractivity contribution in [3.63, 3.8) is 0 Å². The highest BCUT2D eigenvalue weighted by Crippen LogP contribution is 2.37. The second kappa shape index (κ2) is 4.70. The van der Waals surface area contributed by atoms with Gasteiger partial charge in [0.2, 0.25) is 0 Å². The van der Waals surface area contributed by atoms with Crippen molar-refractivity contribution in [2.24, 2.45) is 5.73 Å². The maximum atomic E-state index is 5.75. The van der Waals surface area contributed by atoms with Crippen LogP contribution in [-0.4, -0.2) is 15.1 Å². The van der Waals surface area contributed by atoms with Crippen molar-refractivity contribution < 1.29 is 0 Å². The van der Waals surface area contributed by atoms with Crippen LogP contribution in [0.15, 0.2) is 24.4 Å². The van der Waals surface area contributed by atoms with Gasteiger partial charge in [-0.3, -0.25) is 0 Å². The summed E-state index contributed by atoms with van der Waals surface area (Å²) in [6.45, 7) is 0.560. The first-order valence-corrected chi connectivity index (χ1v) is 7.22. The lowest BCUT2D eigenvalue weighted by Gasteiger charge is -2.18. The van der Waals surface area contributed by atoms with E-state index in [1.54, 1.807) is 0 Å². The molecule has 0 radical (unpaired) electrons. The second-order valence-electron chi connectivity index (χ2n) is 4.47. The van der Waals surface area contributed by atoms with Crippen molar-refractivity contribution in [1.29, 1.82) is 0 Å². The van der Waals surface area contributed by atoms with E-state index in [0.29, 0.717) is 11.8 Å². The Balaban J connectivity index is 2.00. The fraction of sp³-hybridized carbons (Fsp3) is 0.462. The van der Waals surface area contributed by atoms with Crippen LogP contribution in [0.1, 0.15) is 35.9 Å². The van der Waals surface area contributed by atoms with Gasteiger partial charge in [0.1, 0.15) is 5.65 Å².